The molecule has 0 unspecified atom stereocenters. The first-order valence-corrected chi connectivity index (χ1v) is 6.69. The van der Waals surface area contributed by atoms with Crippen molar-refractivity contribution in [3.8, 4) is 5.75 Å². The molecule has 0 bridgehead atoms. The number of halogens is 3. The van der Waals surface area contributed by atoms with Gasteiger partial charge in [-0.2, -0.15) is 0 Å². The molecule has 1 heterocycles. The molecule has 1 fully saturated rings. The van der Waals surface area contributed by atoms with Gasteiger partial charge in [-0.25, -0.2) is 0 Å². The molecule has 0 radical (unpaired) electrons. The largest absolute Gasteiger partial charge is 0.573 e. The third kappa shape index (κ3) is 4.93. The Morgan fingerprint density at radius 2 is 1.81 bits per heavy atom. The van der Waals surface area contributed by atoms with E-state index in [2.05, 4.69) is 15.0 Å². The molecule has 0 spiro atoms. The molecular weight excluding hydrogens is 285 g/mol. The van der Waals surface area contributed by atoms with Crippen LogP contribution in [-0.2, 0) is 0 Å². The van der Waals surface area contributed by atoms with Gasteiger partial charge in [0.25, 0.3) is 5.91 Å². The Bertz CT molecular complexity index is 480. The van der Waals surface area contributed by atoms with Crippen LogP contribution >= 0.6 is 0 Å². The lowest BCUT2D eigenvalue weighted by molar-refractivity contribution is -0.274. The quantitative estimate of drug-likeness (QED) is 0.932. The molecule has 1 saturated heterocycles. The first-order chi connectivity index (χ1) is 9.83. The van der Waals surface area contributed by atoms with Crippen molar-refractivity contribution in [1.82, 2.24) is 10.2 Å². The van der Waals surface area contributed by atoms with E-state index in [1.165, 1.54) is 12.1 Å². The summed E-state index contributed by atoms with van der Waals surface area (Å²) in [4.78, 5) is 14.2. The van der Waals surface area contributed by atoms with Crippen LogP contribution in [0.5, 0.6) is 5.75 Å². The van der Waals surface area contributed by atoms with Gasteiger partial charge in [0.05, 0.1) is 0 Å². The van der Waals surface area contributed by atoms with E-state index in [1.807, 2.05) is 7.05 Å². The average Bonchev–Trinajstić information content (AvgIpc) is 2.40. The van der Waals surface area contributed by atoms with E-state index in [1.54, 1.807) is 0 Å². The highest BCUT2D eigenvalue weighted by Gasteiger charge is 2.31. The Morgan fingerprint density at radius 3 is 2.33 bits per heavy atom. The molecule has 0 saturated carbocycles. The highest BCUT2D eigenvalue weighted by molar-refractivity contribution is 5.94. The van der Waals surface area contributed by atoms with Gasteiger partial charge in [-0.05, 0) is 57.2 Å². The summed E-state index contributed by atoms with van der Waals surface area (Å²) in [6, 6.07) is 5.03. The molecule has 21 heavy (non-hydrogen) atoms. The molecule has 4 nitrogen and oxygen atoms in total. The third-order valence-electron chi connectivity index (χ3n) is 3.40. The minimum absolute atomic E-state index is 0.111. The molecule has 0 aromatic heterocycles. The number of carbonyl (C=O) groups excluding carboxylic acids is 1. The van der Waals surface area contributed by atoms with Crippen molar-refractivity contribution in [3.05, 3.63) is 29.8 Å². The molecule has 0 aliphatic carbocycles. The summed E-state index contributed by atoms with van der Waals surface area (Å²) in [5.41, 5.74) is 0.323. The summed E-state index contributed by atoms with van der Waals surface area (Å²) in [7, 11) is 2.03. The Labute approximate surface area is 120 Å². The van der Waals surface area contributed by atoms with Gasteiger partial charge in [0.15, 0.2) is 0 Å². The van der Waals surface area contributed by atoms with Crippen LogP contribution in [-0.4, -0.2) is 43.3 Å². The summed E-state index contributed by atoms with van der Waals surface area (Å²) in [5, 5.41) is 2.89. The average molecular weight is 302 g/mol. The Kier molecular flexibility index (Phi) is 4.72. The summed E-state index contributed by atoms with van der Waals surface area (Å²) in [5.74, 6) is -0.610. The third-order valence-corrected chi connectivity index (χ3v) is 3.40. The number of nitrogens with one attached hydrogen (secondary N) is 1. The van der Waals surface area contributed by atoms with Gasteiger partial charge in [0, 0.05) is 11.6 Å². The highest BCUT2D eigenvalue weighted by Crippen LogP contribution is 2.22. The summed E-state index contributed by atoms with van der Waals surface area (Å²) in [6.07, 6.45) is -2.98. The van der Waals surface area contributed by atoms with E-state index in [0.29, 0.717) is 5.56 Å². The zero-order valence-electron chi connectivity index (χ0n) is 11.6. The van der Waals surface area contributed by atoms with Crippen LogP contribution in [0.4, 0.5) is 13.2 Å². The summed E-state index contributed by atoms with van der Waals surface area (Å²) >= 11 is 0. The molecule has 1 aliphatic heterocycles. The standard InChI is InChI=1S/C14H17F3N2O2/c1-19-8-6-11(7-9-19)18-13(20)10-2-4-12(5-3-10)21-14(15,16)17/h2-5,11H,6-9H2,1H3,(H,18,20). The second-order valence-corrected chi connectivity index (χ2v) is 5.12. The number of ether oxygens (including phenoxy) is 1. The number of carbonyl (C=O) groups is 1. The molecule has 0 atom stereocenters. The number of hydrogen-bond donors (Lipinski definition) is 1. The molecule has 1 aromatic carbocycles. The number of benzene rings is 1. The smallest absolute Gasteiger partial charge is 0.406 e. The van der Waals surface area contributed by atoms with Crippen LogP contribution in [0.15, 0.2) is 24.3 Å². The van der Waals surface area contributed by atoms with Gasteiger partial charge in [0.2, 0.25) is 0 Å². The SMILES string of the molecule is CN1CCC(NC(=O)c2ccc(OC(F)(F)F)cc2)CC1. The van der Waals surface area contributed by atoms with Crippen LogP contribution in [0, 0.1) is 0 Å². The minimum atomic E-state index is -4.72. The predicted molar refractivity (Wildman–Crippen MR) is 71.1 cm³/mol. The predicted octanol–water partition coefficient (Wildman–Crippen LogP) is 2.41. The topological polar surface area (TPSA) is 41.6 Å². The Balaban J connectivity index is 1.91. The maximum Gasteiger partial charge on any atom is 0.573 e. The summed E-state index contributed by atoms with van der Waals surface area (Å²) < 4.78 is 39.9. The van der Waals surface area contributed by atoms with Crippen LogP contribution in [0.2, 0.25) is 0 Å². The lowest BCUT2D eigenvalue weighted by Gasteiger charge is -2.29. The van der Waals surface area contributed by atoms with Crippen LogP contribution in [0.3, 0.4) is 0 Å². The lowest BCUT2D eigenvalue weighted by atomic mass is 10.0. The van der Waals surface area contributed by atoms with E-state index in [-0.39, 0.29) is 17.7 Å². The summed E-state index contributed by atoms with van der Waals surface area (Å²) in [6.45, 7) is 1.84. The molecule has 2 rings (SSSR count). The van der Waals surface area contributed by atoms with Gasteiger partial charge >= 0.3 is 6.36 Å². The number of likely N-dealkylation sites (tertiary alicyclic amines) is 1. The van der Waals surface area contributed by atoms with Crippen molar-refractivity contribution < 1.29 is 22.7 Å². The van der Waals surface area contributed by atoms with Gasteiger partial charge < -0.3 is 15.0 Å². The maximum atomic E-state index is 12.0. The van der Waals surface area contributed by atoms with E-state index >= 15 is 0 Å². The number of piperidine rings is 1. The molecule has 7 heteroatoms. The van der Waals surface area contributed by atoms with Crippen LogP contribution in [0.25, 0.3) is 0 Å². The first kappa shape index (κ1) is 15.6. The van der Waals surface area contributed by atoms with Crippen molar-refractivity contribution >= 4 is 5.91 Å². The molecule has 1 aliphatic rings. The number of rotatable bonds is 3. The highest BCUT2D eigenvalue weighted by atomic mass is 19.4. The van der Waals surface area contributed by atoms with Gasteiger partial charge in [-0.1, -0.05) is 0 Å². The normalized spacial score (nSPS) is 17.5. The zero-order valence-corrected chi connectivity index (χ0v) is 11.6. The van der Waals surface area contributed by atoms with E-state index < -0.39 is 6.36 Å². The van der Waals surface area contributed by atoms with Crippen molar-refractivity contribution in [1.29, 1.82) is 0 Å². The second kappa shape index (κ2) is 6.34. The molecule has 1 aromatic rings. The van der Waals surface area contributed by atoms with Crippen molar-refractivity contribution in [3.63, 3.8) is 0 Å². The number of nitrogens with zero attached hydrogens (tertiary/aromatic N) is 1. The van der Waals surface area contributed by atoms with Crippen LogP contribution in [0.1, 0.15) is 23.2 Å². The van der Waals surface area contributed by atoms with Crippen molar-refractivity contribution in [2.75, 3.05) is 20.1 Å². The number of hydrogen-bond acceptors (Lipinski definition) is 3. The van der Waals surface area contributed by atoms with Gasteiger partial charge in [0.1, 0.15) is 5.75 Å². The van der Waals surface area contributed by atoms with E-state index in [9.17, 15) is 18.0 Å². The Morgan fingerprint density at radius 1 is 1.24 bits per heavy atom. The lowest BCUT2D eigenvalue weighted by Crippen LogP contribution is -2.43. The van der Waals surface area contributed by atoms with Crippen LogP contribution < -0.4 is 10.1 Å². The second-order valence-electron chi connectivity index (χ2n) is 5.12. The molecule has 1 N–H and O–H groups in total. The number of amides is 1. The molecule has 116 valence electrons. The first-order valence-electron chi connectivity index (χ1n) is 6.69. The fraction of sp³-hybridized carbons (Fsp3) is 0.500. The number of alkyl halides is 3. The fourth-order valence-corrected chi connectivity index (χ4v) is 2.23. The maximum absolute atomic E-state index is 12.0. The van der Waals surface area contributed by atoms with Gasteiger partial charge in [-0.15, -0.1) is 13.2 Å². The minimum Gasteiger partial charge on any atom is -0.406 e. The monoisotopic (exact) mass is 302 g/mol. The van der Waals surface area contributed by atoms with Crippen molar-refractivity contribution in [2.45, 2.75) is 25.2 Å². The molecular formula is C14H17F3N2O2. The van der Waals surface area contributed by atoms with E-state index in [4.69, 9.17) is 0 Å². The fourth-order valence-electron chi connectivity index (χ4n) is 2.23. The van der Waals surface area contributed by atoms with Crippen molar-refractivity contribution in [2.24, 2.45) is 0 Å². The zero-order chi connectivity index (χ0) is 15.5. The Hall–Kier alpha value is -1.76. The van der Waals surface area contributed by atoms with E-state index in [0.717, 1.165) is 38.1 Å². The van der Waals surface area contributed by atoms with Gasteiger partial charge in [-0.3, -0.25) is 4.79 Å². The molecule has 1 amide bonds.